The first-order valence-corrected chi connectivity index (χ1v) is 5.19. The molecule has 0 radical (unpaired) electrons. The zero-order valence-electron chi connectivity index (χ0n) is 9.00. The van der Waals surface area contributed by atoms with E-state index in [2.05, 4.69) is 13.8 Å². The van der Waals surface area contributed by atoms with E-state index in [4.69, 9.17) is 0 Å². The summed E-state index contributed by atoms with van der Waals surface area (Å²) in [4.78, 5) is 11.2. The average molecular weight is 198 g/mol. The molecule has 0 aliphatic heterocycles. The van der Waals surface area contributed by atoms with Crippen LogP contribution in [0, 0.1) is 16.7 Å². The van der Waals surface area contributed by atoms with Crippen LogP contribution < -0.4 is 0 Å². The lowest BCUT2D eigenvalue weighted by atomic mass is 9.55. The fraction of sp³-hybridized carbons (Fsp3) is 0.909. The summed E-state index contributed by atoms with van der Waals surface area (Å²) in [7, 11) is 0. The zero-order chi connectivity index (χ0) is 10.8. The van der Waals surface area contributed by atoms with Crippen LogP contribution in [0.25, 0.3) is 0 Å². The molecule has 0 spiro atoms. The van der Waals surface area contributed by atoms with Crippen molar-refractivity contribution in [1.29, 1.82) is 0 Å². The lowest BCUT2D eigenvalue weighted by Crippen LogP contribution is -2.58. The molecule has 0 aromatic rings. The Hall–Kier alpha value is -0.570. The fourth-order valence-electron chi connectivity index (χ4n) is 3.42. The third-order valence-corrected chi connectivity index (χ3v) is 4.06. The zero-order valence-corrected chi connectivity index (χ0v) is 9.00. The summed E-state index contributed by atoms with van der Waals surface area (Å²) in [5.41, 5.74) is -1.66. The number of aliphatic carboxylic acids is 1. The summed E-state index contributed by atoms with van der Waals surface area (Å²) in [5, 5.41) is 19.5. The number of carboxylic acids is 1. The van der Waals surface area contributed by atoms with Crippen LogP contribution in [0.4, 0.5) is 0 Å². The molecule has 14 heavy (non-hydrogen) atoms. The van der Waals surface area contributed by atoms with Crippen LogP contribution in [0.15, 0.2) is 0 Å². The molecule has 0 saturated heterocycles. The Morgan fingerprint density at radius 2 is 1.79 bits per heavy atom. The first-order chi connectivity index (χ1) is 6.24. The Bertz CT molecular complexity index is 287. The topological polar surface area (TPSA) is 57.5 Å². The molecule has 2 aliphatic carbocycles. The van der Waals surface area contributed by atoms with Gasteiger partial charge in [0.1, 0.15) is 0 Å². The van der Waals surface area contributed by atoms with E-state index >= 15 is 0 Å². The summed E-state index contributed by atoms with van der Waals surface area (Å²) >= 11 is 0. The molecule has 0 aromatic carbocycles. The Morgan fingerprint density at radius 3 is 2.00 bits per heavy atom. The van der Waals surface area contributed by atoms with Crippen LogP contribution in [-0.2, 0) is 4.79 Å². The number of carboxylic acid groups (broad SMARTS) is 1. The molecule has 2 saturated carbocycles. The van der Waals surface area contributed by atoms with Gasteiger partial charge in [0, 0.05) is 0 Å². The Balaban J connectivity index is 2.20. The Kier molecular flexibility index (Phi) is 1.65. The van der Waals surface area contributed by atoms with Crippen LogP contribution in [0.3, 0.4) is 0 Å². The quantitative estimate of drug-likeness (QED) is 0.709. The molecule has 2 fully saturated rings. The maximum Gasteiger partial charge on any atom is 0.312 e. The van der Waals surface area contributed by atoms with E-state index in [1.54, 1.807) is 0 Å². The molecule has 3 nitrogen and oxygen atoms in total. The smallest absolute Gasteiger partial charge is 0.312 e. The van der Waals surface area contributed by atoms with Gasteiger partial charge in [-0.2, -0.15) is 0 Å². The molecular weight excluding hydrogens is 180 g/mol. The van der Waals surface area contributed by atoms with Crippen LogP contribution in [0.5, 0.6) is 0 Å². The molecule has 2 aliphatic rings. The normalized spacial score (nSPS) is 42.7. The molecule has 0 amide bonds. The highest BCUT2D eigenvalue weighted by molar-refractivity contribution is 5.80. The van der Waals surface area contributed by atoms with E-state index in [9.17, 15) is 15.0 Å². The van der Waals surface area contributed by atoms with Gasteiger partial charge >= 0.3 is 5.97 Å². The van der Waals surface area contributed by atoms with E-state index in [-0.39, 0.29) is 11.3 Å². The van der Waals surface area contributed by atoms with Crippen molar-refractivity contribution in [2.45, 2.75) is 45.6 Å². The summed E-state index contributed by atoms with van der Waals surface area (Å²) in [5.74, 6) is -0.691. The van der Waals surface area contributed by atoms with Crippen LogP contribution in [0.2, 0.25) is 0 Å². The number of aliphatic hydroxyl groups is 1. The molecule has 80 valence electrons. The van der Waals surface area contributed by atoms with Crippen molar-refractivity contribution in [3.8, 4) is 0 Å². The summed E-state index contributed by atoms with van der Waals surface area (Å²) in [6.45, 7) is 6.06. The number of hydrogen-bond acceptors (Lipinski definition) is 2. The van der Waals surface area contributed by atoms with Gasteiger partial charge in [-0.25, -0.2) is 0 Å². The van der Waals surface area contributed by atoms with Crippen molar-refractivity contribution in [2.75, 3.05) is 0 Å². The lowest BCUT2D eigenvalue weighted by molar-refractivity contribution is -0.188. The van der Waals surface area contributed by atoms with Crippen molar-refractivity contribution in [2.24, 2.45) is 16.7 Å². The van der Waals surface area contributed by atoms with Crippen LogP contribution >= 0.6 is 0 Å². The van der Waals surface area contributed by atoms with E-state index in [1.807, 2.05) is 6.92 Å². The van der Waals surface area contributed by atoms with Gasteiger partial charge in [-0.3, -0.25) is 4.79 Å². The van der Waals surface area contributed by atoms with Crippen LogP contribution in [-0.4, -0.2) is 21.8 Å². The van der Waals surface area contributed by atoms with E-state index in [0.717, 1.165) is 0 Å². The van der Waals surface area contributed by atoms with E-state index < -0.39 is 17.0 Å². The molecule has 0 heterocycles. The number of rotatable bonds is 2. The van der Waals surface area contributed by atoms with Crippen molar-refractivity contribution >= 4 is 5.97 Å². The highest BCUT2D eigenvalue weighted by Crippen LogP contribution is 2.68. The third kappa shape index (κ3) is 0.991. The van der Waals surface area contributed by atoms with Gasteiger partial charge in [0.15, 0.2) is 0 Å². The maximum absolute atomic E-state index is 11.2. The SMILES string of the molecule is CC1CC1(C(=O)O)C1(O)CC(C)(C)C1. The number of hydrogen-bond donors (Lipinski definition) is 2. The number of carbonyl (C=O) groups is 1. The lowest BCUT2D eigenvalue weighted by Gasteiger charge is -2.53. The summed E-state index contributed by atoms with van der Waals surface area (Å²) in [6, 6.07) is 0. The molecule has 2 atom stereocenters. The highest BCUT2D eigenvalue weighted by Gasteiger charge is 2.74. The Morgan fingerprint density at radius 1 is 1.36 bits per heavy atom. The molecule has 2 N–H and O–H groups in total. The van der Waals surface area contributed by atoms with Crippen molar-refractivity contribution in [1.82, 2.24) is 0 Å². The van der Waals surface area contributed by atoms with Gasteiger partial charge in [0.2, 0.25) is 0 Å². The third-order valence-electron chi connectivity index (χ3n) is 4.06. The standard InChI is InChI=1S/C11H18O3/c1-7-4-11(7,8(12)13)10(14)5-9(2,3)6-10/h7,14H,4-6H2,1-3H3,(H,12,13). The summed E-state index contributed by atoms with van der Waals surface area (Å²) < 4.78 is 0. The van der Waals surface area contributed by atoms with Crippen LogP contribution in [0.1, 0.15) is 40.0 Å². The maximum atomic E-state index is 11.2. The van der Waals surface area contributed by atoms with Gasteiger partial charge in [0.25, 0.3) is 0 Å². The predicted octanol–water partition coefficient (Wildman–Crippen LogP) is 1.65. The second kappa shape index (κ2) is 2.32. The average Bonchev–Trinajstić information content (AvgIpc) is 2.58. The molecule has 0 aromatic heterocycles. The second-order valence-corrected chi connectivity index (χ2v) is 5.93. The van der Waals surface area contributed by atoms with E-state index in [1.165, 1.54) is 0 Å². The molecular formula is C11H18O3. The van der Waals surface area contributed by atoms with Gasteiger partial charge in [-0.05, 0) is 30.6 Å². The van der Waals surface area contributed by atoms with Gasteiger partial charge in [0.05, 0.1) is 11.0 Å². The monoisotopic (exact) mass is 198 g/mol. The van der Waals surface area contributed by atoms with Gasteiger partial charge < -0.3 is 10.2 Å². The minimum Gasteiger partial charge on any atom is -0.481 e. The molecule has 2 rings (SSSR count). The van der Waals surface area contributed by atoms with Gasteiger partial charge in [-0.1, -0.05) is 20.8 Å². The summed E-state index contributed by atoms with van der Waals surface area (Å²) in [6.07, 6.45) is 1.88. The molecule has 3 heteroatoms. The van der Waals surface area contributed by atoms with Gasteiger partial charge in [-0.15, -0.1) is 0 Å². The first kappa shape index (κ1) is 9.97. The molecule has 0 bridgehead atoms. The fourth-order valence-corrected chi connectivity index (χ4v) is 3.42. The largest absolute Gasteiger partial charge is 0.481 e. The highest BCUT2D eigenvalue weighted by atomic mass is 16.4. The first-order valence-electron chi connectivity index (χ1n) is 5.19. The second-order valence-electron chi connectivity index (χ2n) is 5.93. The minimum absolute atomic E-state index is 0.111. The predicted molar refractivity (Wildman–Crippen MR) is 51.8 cm³/mol. The van der Waals surface area contributed by atoms with Crippen molar-refractivity contribution < 1.29 is 15.0 Å². The minimum atomic E-state index is -0.943. The Labute approximate surface area is 84.1 Å². The van der Waals surface area contributed by atoms with E-state index in [0.29, 0.717) is 19.3 Å². The van der Waals surface area contributed by atoms with Crippen molar-refractivity contribution in [3.63, 3.8) is 0 Å². The van der Waals surface area contributed by atoms with Crippen molar-refractivity contribution in [3.05, 3.63) is 0 Å². The molecule has 2 unspecified atom stereocenters.